The number of ether oxygens (including phenoxy) is 2. The van der Waals surface area contributed by atoms with E-state index in [1.165, 1.54) is 25.8 Å². The Bertz CT molecular complexity index is 157. The van der Waals surface area contributed by atoms with Crippen LogP contribution in [0.1, 0.15) is 32.6 Å². The molecule has 0 atom stereocenters. The van der Waals surface area contributed by atoms with E-state index in [0.717, 1.165) is 45.8 Å². The number of hydrogen-bond donors (Lipinski definition) is 1. The topological polar surface area (TPSA) is 33.7 Å². The molecule has 0 bridgehead atoms. The van der Waals surface area contributed by atoms with E-state index in [0.29, 0.717) is 0 Å². The lowest BCUT2D eigenvalue weighted by molar-refractivity contribution is 0.131. The highest BCUT2D eigenvalue weighted by atomic mass is 16.5. The first-order valence-corrected chi connectivity index (χ1v) is 7.26. The Hall–Kier alpha value is -0.160. The molecule has 0 unspecified atom stereocenters. The maximum absolute atomic E-state index is 5.16. The molecule has 0 heterocycles. The summed E-state index contributed by atoms with van der Waals surface area (Å²) in [6.07, 6.45) is 4.98. The first-order valence-electron chi connectivity index (χ1n) is 7.26. The fourth-order valence-electron chi connectivity index (χ4n) is 1.93. The van der Waals surface area contributed by atoms with Crippen molar-refractivity contribution >= 4 is 0 Å². The van der Waals surface area contributed by atoms with Gasteiger partial charge in [-0.3, -0.25) is 0 Å². The Balaban J connectivity index is 3.51. The number of methoxy groups -OCH3 is 2. The number of nitrogens with one attached hydrogen (secondary N) is 1. The van der Waals surface area contributed by atoms with Gasteiger partial charge in [-0.05, 0) is 38.9 Å². The molecular formula is C14H32N2O2. The second-order valence-electron chi connectivity index (χ2n) is 4.60. The first-order chi connectivity index (χ1) is 8.85. The Morgan fingerprint density at radius 1 is 0.833 bits per heavy atom. The van der Waals surface area contributed by atoms with Crippen molar-refractivity contribution in [3.8, 4) is 0 Å². The van der Waals surface area contributed by atoms with E-state index >= 15 is 0 Å². The molecule has 0 aliphatic carbocycles. The Morgan fingerprint density at radius 2 is 1.56 bits per heavy atom. The molecule has 0 radical (unpaired) electrons. The smallest absolute Gasteiger partial charge is 0.0589 e. The first kappa shape index (κ1) is 17.8. The average Bonchev–Trinajstić information content (AvgIpc) is 2.39. The summed E-state index contributed by atoms with van der Waals surface area (Å²) in [5.74, 6) is 0. The van der Waals surface area contributed by atoms with E-state index in [2.05, 4.69) is 17.1 Å². The highest BCUT2D eigenvalue weighted by molar-refractivity contribution is 4.58. The van der Waals surface area contributed by atoms with Crippen LogP contribution in [0.5, 0.6) is 0 Å². The van der Waals surface area contributed by atoms with Crippen LogP contribution in [0, 0.1) is 0 Å². The van der Waals surface area contributed by atoms with Crippen LogP contribution in [0.2, 0.25) is 0 Å². The van der Waals surface area contributed by atoms with Crippen LogP contribution < -0.4 is 5.32 Å². The maximum atomic E-state index is 5.16. The second-order valence-corrected chi connectivity index (χ2v) is 4.60. The molecule has 4 heteroatoms. The van der Waals surface area contributed by atoms with Crippen molar-refractivity contribution in [2.75, 3.05) is 60.2 Å². The quantitative estimate of drug-likeness (QED) is 0.483. The van der Waals surface area contributed by atoms with Crippen LogP contribution in [-0.4, -0.2) is 65.1 Å². The molecule has 0 fully saturated rings. The fourth-order valence-corrected chi connectivity index (χ4v) is 1.93. The van der Waals surface area contributed by atoms with Crippen LogP contribution >= 0.6 is 0 Å². The van der Waals surface area contributed by atoms with Crippen LogP contribution in [0.25, 0.3) is 0 Å². The minimum atomic E-state index is 0.824. The summed E-state index contributed by atoms with van der Waals surface area (Å²) in [5.41, 5.74) is 0. The van der Waals surface area contributed by atoms with Crippen LogP contribution in [-0.2, 0) is 9.47 Å². The molecule has 0 aliphatic heterocycles. The lowest BCUT2D eigenvalue weighted by Gasteiger charge is -2.21. The Kier molecular flexibility index (Phi) is 14.8. The van der Waals surface area contributed by atoms with Crippen LogP contribution in [0.4, 0.5) is 0 Å². The van der Waals surface area contributed by atoms with E-state index in [4.69, 9.17) is 9.47 Å². The predicted molar refractivity (Wildman–Crippen MR) is 77.2 cm³/mol. The van der Waals surface area contributed by atoms with Gasteiger partial charge >= 0.3 is 0 Å². The number of unbranched alkanes of at least 4 members (excludes halogenated alkanes) is 2. The summed E-state index contributed by atoms with van der Waals surface area (Å²) < 4.78 is 10.3. The van der Waals surface area contributed by atoms with Crippen molar-refractivity contribution in [1.82, 2.24) is 10.2 Å². The molecule has 1 N–H and O–H groups in total. The van der Waals surface area contributed by atoms with Crippen LogP contribution in [0.3, 0.4) is 0 Å². The van der Waals surface area contributed by atoms with Gasteiger partial charge in [-0.2, -0.15) is 0 Å². The SMILES string of the molecule is CCNCCCCCN(CCCOC)CCOC. The fraction of sp³-hybridized carbons (Fsp3) is 1.00. The monoisotopic (exact) mass is 260 g/mol. The molecule has 0 aromatic heterocycles. The Labute approximate surface area is 113 Å². The molecule has 0 aromatic rings. The minimum absolute atomic E-state index is 0.824. The second kappa shape index (κ2) is 14.9. The van der Waals surface area contributed by atoms with Gasteiger partial charge in [0.15, 0.2) is 0 Å². The van der Waals surface area contributed by atoms with Gasteiger partial charge in [0.1, 0.15) is 0 Å². The molecular weight excluding hydrogens is 228 g/mol. The molecule has 0 spiro atoms. The zero-order valence-corrected chi connectivity index (χ0v) is 12.5. The van der Waals surface area contributed by atoms with Gasteiger partial charge in [-0.1, -0.05) is 13.3 Å². The van der Waals surface area contributed by atoms with Crippen molar-refractivity contribution in [1.29, 1.82) is 0 Å². The molecule has 110 valence electrons. The molecule has 18 heavy (non-hydrogen) atoms. The summed E-state index contributed by atoms with van der Waals surface area (Å²) in [7, 11) is 3.53. The van der Waals surface area contributed by atoms with E-state index in [-0.39, 0.29) is 0 Å². The van der Waals surface area contributed by atoms with Crippen molar-refractivity contribution < 1.29 is 9.47 Å². The lowest BCUT2D eigenvalue weighted by Crippen LogP contribution is -2.30. The summed E-state index contributed by atoms with van der Waals surface area (Å²) in [6, 6.07) is 0. The van der Waals surface area contributed by atoms with Crippen molar-refractivity contribution in [2.24, 2.45) is 0 Å². The van der Waals surface area contributed by atoms with E-state index in [1.54, 1.807) is 14.2 Å². The molecule has 0 rings (SSSR count). The third-order valence-electron chi connectivity index (χ3n) is 3.01. The van der Waals surface area contributed by atoms with E-state index in [9.17, 15) is 0 Å². The van der Waals surface area contributed by atoms with Gasteiger partial charge in [-0.25, -0.2) is 0 Å². The van der Waals surface area contributed by atoms with Gasteiger partial charge in [0.2, 0.25) is 0 Å². The van der Waals surface area contributed by atoms with Crippen LogP contribution in [0.15, 0.2) is 0 Å². The predicted octanol–water partition coefficient (Wildman–Crippen LogP) is 1.75. The minimum Gasteiger partial charge on any atom is -0.385 e. The number of rotatable bonds is 14. The summed E-state index contributed by atoms with van der Waals surface area (Å²) >= 11 is 0. The summed E-state index contributed by atoms with van der Waals surface area (Å²) in [4.78, 5) is 2.48. The standard InChI is InChI=1S/C14H32N2O2/c1-4-15-9-6-5-7-10-16(12-14-18-3)11-8-13-17-2/h15H,4-14H2,1-3H3. The van der Waals surface area contributed by atoms with Gasteiger partial charge in [0.25, 0.3) is 0 Å². The van der Waals surface area contributed by atoms with Gasteiger partial charge in [0, 0.05) is 33.9 Å². The normalized spacial score (nSPS) is 11.3. The van der Waals surface area contributed by atoms with E-state index in [1.807, 2.05) is 0 Å². The largest absolute Gasteiger partial charge is 0.385 e. The molecule has 0 saturated carbocycles. The zero-order chi connectivity index (χ0) is 13.5. The summed E-state index contributed by atoms with van der Waals surface area (Å²) in [5, 5.41) is 3.36. The average molecular weight is 260 g/mol. The number of hydrogen-bond acceptors (Lipinski definition) is 4. The van der Waals surface area contributed by atoms with E-state index < -0.39 is 0 Å². The lowest BCUT2D eigenvalue weighted by atomic mass is 10.2. The Morgan fingerprint density at radius 3 is 2.22 bits per heavy atom. The molecule has 0 aromatic carbocycles. The summed E-state index contributed by atoms with van der Waals surface area (Å²) in [6.45, 7) is 9.39. The van der Waals surface area contributed by atoms with Gasteiger partial charge in [0.05, 0.1) is 6.61 Å². The zero-order valence-electron chi connectivity index (χ0n) is 12.5. The molecule has 4 nitrogen and oxygen atoms in total. The third-order valence-corrected chi connectivity index (χ3v) is 3.01. The molecule has 0 amide bonds. The molecule has 0 saturated heterocycles. The highest BCUT2D eigenvalue weighted by Crippen LogP contribution is 2.00. The van der Waals surface area contributed by atoms with Crippen molar-refractivity contribution in [3.05, 3.63) is 0 Å². The maximum Gasteiger partial charge on any atom is 0.0589 e. The highest BCUT2D eigenvalue weighted by Gasteiger charge is 2.03. The van der Waals surface area contributed by atoms with Crippen molar-refractivity contribution in [2.45, 2.75) is 32.6 Å². The molecule has 0 aliphatic rings. The number of nitrogens with zero attached hydrogens (tertiary/aromatic N) is 1. The van der Waals surface area contributed by atoms with Gasteiger partial charge in [-0.15, -0.1) is 0 Å². The van der Waals surface area contributed by atoms with Gasteiger partial charge < -0.3 is 19.7 Å². The van der Waals surface area contributed by atoms with Crippen molar-refractivity contribution in [3.63, 3.8) is 0 Å². The third kappa shape index (κ3) is 12.3.